The average molecular weight is 352 g/mol. The van der Waals surface area contributed by atoms with Crippen LogP contribution in [0.3, 0.4) is 0 Å². The standard InChI is InChI=1S/C9H10O3S2.Na.H2O4S.H/c1-2-13-14(10,11)12-8-9-6-4-3-5-7-9;;1-5(2,3)4;/h2-7H,1,8H2;;(H2,1,2,3,4);. The van der Waals surface area contributed by atoms with Crippen LogP contribution >= 0.6 is 10.8 Å². The number of rotatable bonds is 5. The van der Waals surface area contributed by atoms with E-state index in [1.54, 1.807) is 12.1 Å². The van der Waals surface area contributed by atoms with E-state index in [4.69, 9.17) is 21.7 Å². The van der Waals surface area contributed by atoms with E-state index in [9.17, 15) is 8.42 Å². The third-order valence-corrected chi connectivity index (χ3v) is 3.58. The van der Waals surface area contributed by atoms with Crippen LogP contribution in [0.15, 0.2) is 42.3 Å². The fourth-order valence-electron chi connectivity index (χ4n) is 0.826. The predicted octanol–water partition coefficient (Wildman–Crippen LogP) is 1.02. The van der Waals surface area contributed by atoms with Gasteiger partial charge in [0.25, 0.3) is 0 Å². The molecule has 20 heavy (non-hydrogen) atoms. The molecule has 2 N–H and O–H groups in total. The Morgan fingerprint density at radius 1 is 1.15 bits per heavy atom. The molecule has 0 bridgehead atoms. The van der Waals surface area contributed by atoms with E-state index in [1.807, 2.05) is 18.2 Å². The van der Waals surface area contributed by atoms with Crippen molar-refractivity contribution in [3.8, 4) is 0 Å². The van der Waals surface area contributed by atoms with Gasteiger partial charge in [-0.05, 0) is 11.0 Å². The molecular weight excluding hydrogens is 339 g/mol. The first-order valence-electron chi connectivity index (χ1n) is 4.56. The molecule has 0 amide bonds. The molecular formula is C9H13NaO7S3. The average Bonchev–Trinajstić information content (AvgIpc) is 2.26. The van der Waals surface area contributed by atoms with E-state index in [0.29, 0.717) is 10.8 Å². The molecule has 0 spiro atoms. The summed E-state index contributed by atoms with van der Waals surface area (Å²) in [5.41, 5.74) is 0.820. The van der Waals surface area contributed by atoms with Gasteiger partial charge in [0, 0.05) is 10.8 Å². The first-order valence-corrected chi connectivity index (χ1v) is 8.76. The first-order chi connectivity index (χ1) is 8.64. The Bertz CT molecular complexity index is 575. The number of hydrogen-bond donors (Lipinski definition) is 2. The summed E-state index contributed by atoms with van der Waals surface area (Å²) in [6, 6.07) is 9.11. The Morgan fingerprint density at radius 2 is 1.60 bits per heavy atom. The Balaban J connectivity index is 0. The molecule has 0 saturated carbocycles. The summed E-state index contributed by atoms with van der Waals surface area (Å²) in [6.45, 7) is 3.36. The molecule has 1 aromatic rings. The minimum atomic E-state index is -4.67. The molecule has 0 radical (unpaired) electrons. The van der Waals surface area contributed by atoms with Gasteiger partial charge in [-0.25, -0.2) is 0 Å². The molecule has 0 heterocycles. The van der Waals surface area contributed by atoms with Crippen molar-refractivity contribution in [3.63, 3.8) is 0 Å². The van der Waals surface area contributed by atoms with Crippen LogP contribution in [0.5, 0.6) is 0 Å². The van der Waals surface area contributed by atoms with Gasteiger partial charge in [-0.3, -0.25) is 13.3 Å². The van der Waals surface area contributed by atoms with Crippen LogP contribution in [-0.2, 0) is 30.3 Å². The van der Waals surface area contributed by atoms with Crippen LogP contribution in [0.1, 0.15) is 5.56 Å². The van der Waals surface area contributed by atoms with E-state index in [0.717, 1.165) is 5.56 Å². The Hall–Kier alpha value is 0.0900. The van der Waals surface area contributed by atoms with Crippen LogP contribution in [0.25, 0.3) is 0 Å². The maximum absolute atomic E-state index is 11.1. The summed E-state index contributed by atoms with van der Waals surface area (Å²) in [7, 11) is -7.63. The van der Waals surface area contributed by atoms with Gasteiger partial charge in [-0.1, -0.05) is 36.9 Å². The molecule has 0 aliphatic rings. The van der Waals surface area contributed by atoms with Gasteiger partial charge in [-0.15, -0.1) is 0 Å². The molecule has 1 aromatic carbocycles. The van der Waals surface area contributed by atoms with E-state index in [1.165, 1.54) is 5.41 Å². The summed E-state index contributed by atoms with van der Waals surface area (Å²) < 4.78 is 58.4. The second kappa shape index (κ2) is 10.8. The Labute approximate surface area is 143 Å². The molecule has 11 heteroatoms. The van der Waals surface area contributed by atoms with E-state index in [2.05, 4.69) is 6.58 Å². The van der Waals surface area contributed by atoms with Gasteiger partial charge in [0.05, 0.1) is 6.61 Å². The van der Waals surface area contributed by atoms with Gasteiger partial charge in [-0.2, -0.15) is 16.8 Å². The predicted molar refractivity (Wildman–Crippen MR) is 79.3 cm³/mol. The van der Waals surface area contributed by atoms with Gasteiger partial charge < -0.3 is 0 Å². The Morgan fingerprint density at radius 3 is 2.00 bits per heavy atom. The molecule has 0 aliphatic heterocycles. The zero-order valence-electron chi connectivity index (χ0n) is 9.54. The normalized spacial score (nSPS) is 10.7. The monoisotopic (exact) mass is 352 g/mol. The molecule has 0 unspecified atom stereocenters. The molecule has 0 saturated heterocycles. The van der Waals surface area contributed by atoms with Crippen LogP contribution < -0.4 is 0 Å². The molecule has 0 atom stereocenters. The SMILES string of the molecule is C=CSS(=O)(=O)OCc1ccccc1.O=S(=O)(O)O.[NaH]. The van der Waals surface area contributed by atoms with Crippen molar-refractivity contribution in [1.29, 1.82) is 0 Å². The second-order valence-electron chi connectivity index (χ2n) is 2.87. The summed E-state index contributed by atoms with van der Waals surface area (Å²) >= 11 is 0. The molecule has 0 aliphatic carbocycles. The van der Waals surface area contributed by atoms with Crippen molar-refractivity contribution >= 4 is 59.9 Å². The van der Waals surface area contributed by atoms with Crippen molar-refractivity contribution in [1.82, 2.24) is 0 Å². The fourth-order valence-corrected chi connectivity index (χ4v) is 2.14. The van der Waals surface area contributed by atoms with Crippen LogP contribution in [0, 0.1) is 0 Å². The molecule has 110 valence electrons. The first kappa shape index (κ1) is 22.4. The Kier molecular flexibility index (Phi) is 12.0. The minimum absolute atomic E-state index is 0. The van der Waals surface area contributed by atoms with Crippen LogP contribution in [-0.4, -0.2) is 55.5 Å². The van der Waals surface area contributed by atoms with E-state index in [-0.39, 0.29) is 36.2 Å². The molecule has 1 rings (SSSR count). The molecule has 0 aromatic heterocycles. The summed E-state index contributed by atoms with van der Waals surface area (Å²) in [5.74, 6) is 0. The third-order valence-electron chi connectivity index (χ3n) is 1.40. The van der Waals surface area contributed by atoms with Crippen molar-refractivity contribution < 1.29 is 30.1 Å². The maximum atomic E-state index is 11.1. The zero-order valence-corrected chi connectivity index (χ0v) is 12.0. The quantitative estimate of drug-likeness (QED) is 0.458. The van der Waals surface area contributed by atoms with Crippen molar-refractivity contribution in [2.75, 3.05) is 0 Å². The zero-order chi connectivity index (χ0) is 14.9. The topological polar surface area (TPSA) is 118 Å². The van der Waals surface area contributed by atoms with Crippen LogP contribution in [0.2, 0.25) is 0 Å². The van der Waals surface area contributed by atoms with E-state index >= 15 is 0 Å². The van der Waals surface area contributed by atoms with Crippen molar-refractivity contribution in [2.45, 2.75) is 6.61 Å². The van der Waals surface area contributed by atoms with Gasteiger partial charge in [0.2, 0.25) is 0 Å². The third kappa shape index (κ3) is 16.1. The van der Waals surface area contributed by atoms with Gasteiger partial charge >= 0.3 is 49.1 Å². The van der Waals surface area contributed by atoms with Gasteiger partial charge in [0.1, 0.15) is 0 Å². The summed E-state index contributed by atoms with van der Waals surface area (Å²) in [5, 5.41) is 1.22. The summed E-state index contributed by atoms with van der Waals surface area (Å²) in [6.07, 6.45) is 0. The molecule has 7 nitrogen and oxygen atoms in total. The van der Waals surface area contributed by atoms with Crippen molar-refractivity contribution in [3.05, 3.63) is 47.9 Å². The van der Waals surface area contributed by atoms with E-state index < -0.39 is 19.5 Å². The summed E-state index contributed by atoms with van der Waals surface area (Å²) in [4.78, 5) is 0. The van der Waals surface area contributed by atoms with Crippen LogP contribution in [0.4, 0.5) is 0 Å². The van der Waals surface area contributed by atoms with Gasteiger partial charge in [0.15, 0.2) is 0 Å². The second-order valence-corrected chi connectivity index (χ2v) is 7.14. The fraction of sp³-hybridized carbons (Fsp3) is 0.111. The number of hydrogen-bond acceptors (Lipinski definition) is 6. The molecule has 0 fully saturated rings. The number of benzene rings is 1. The van der Waals surface area contributed by atoms with Crippen molar-refractivity contribution in [2.24, 2.45) is 0 Å².